The monoisotopic (exact) mass is 384 g/mol. The van der Waals surface area contributed by atoms with Crippen molar-refractivity contribution in [3.8, 4) is 0 Å². The first-order valence-corrected chi connectivity index (χ1v) is 8.56. The number of carbonyl (C=O) groups is 1. The van der Waals surface area contributed by atoms with E-state index in [0.717, 1.165) is 0 Å². The Labute approximate surface area is 158 Å². The molecule has 1 aromatic heterocycles. The predicted molar refractivity (Wildman–Crippen MR) is 105 cm³/mol. The van der Waals surface area contributed by atoms with Gasteiger partial charge in [0.05, 0.1) is 27.1 Å². The summed E-state index contributed by atoms with van der Waals surface area (Å²) in [4.78, 5) is 38.5. The second kappa shape index (κ2) is 7.12. The Balaban J connectivity index is 2.00. The van der Waals surface area contributed by atoms with E-state index in [2.05, 4.69) is 10.3 Å². The van der Waals surface area contributed by atoms with Crippen LogP contribution in [0.3, 0.4) is 0 Å². The molecule has 0 spiro atoms. The van der Waals surface area contributed by atoms with Crippen molar-refractivity contribution in [2.45, 2.75) is 20.4 Å². The minimum atomic E-state index is -0.500. The summed E-state index contributed by atoms with van der Waals surface area (Å²) in [5, 5.41) is 14.1. The lowest BCUT2D eigenvalue weighted by atomic mass is 10.1. The number of hydrogen-bond acceptors (Lipinski definition) is 5. The summed E-state index contributed by atoms with van der Waals surface area (Å²) < 4.78 is 1.71. The summed E-state index contributed by atoms with van der Waals surface area (Å²) >= 11 is 5.18. The maximum absolute atomic E-state index is 12.6. The maximum Gasteiger partial charge on any atom is 0.274 e. The van der Waals surface area contributed by atoms with Gasteiger partial charge in [-0.2, -0.15) is 0 Å². The fraction of sp³-hybridized carbons (Fsp3) is 0.167. The number of aromatic amines is 1. The Morgan fingerprint density at radius 2 is 2.07 bits per heavy atom. The highest BCUT2D eigenvalue weighted by molar-refractivity contribution is 7.71. The van der Waals surface area contributed by atoms with Crippen LogP contribution < -0.4 is 10.9 Å². The van der Waals surface area contributed by atoms with E-state index < -0.39 is 10.8 Å². The van der Waals surface area contributed by atoms with Gasteiger partial charge in [-0.25, -0.2) is 0 Å². The van der Waals surface area contributed by atoms with Crippen LogP contribution in [-0.2, 0) is 6.54 Å². The normalized spacial score (nSPS) is 10.7. The molecule has 8 nitrogen and oxygen atoms in total. The molecule has 0 aliphatic heterocycles. The maximum atomic E-state index is 12.6. The van der Waals surface area contributed by atoms with Gasteiger partial charge in [0.25, 0.3) is 17.2 Å². The Morgan fingerprint density at radius 3 is 2.74 bits per heavy atom. The first-order valence-electron chi connectivity index (χ1n) is 8.15. The lowest BCUT2D eigenvalue weighted by molar-refractivity contribution is -0.385. The van der Waals surface area contributed by atoms with E-state index in [0.29, 0.717) is 34.3 Å². The first kappa shape index (κ1) is 18.5. The average molecular weight is 384 g/mol. The smallest absolute Gasteiger partial charge is 0.274 e. The minimum Gasteiger partial charge on any atom is -0.332 e. The van der Waals surface area contributed by atoms with Gasteiger partial charge in [-0.05, 0) is 50.3 Å². The van der Waals surface area contributed by atoms with Crippen molar-refractivity contribution >= 4 is 40.4 Å². The molecule has 0 unspecified atom stereocenters. The van der Waals surface area contributed by atoms with Crippen LogP contribution in [0.2, 0.25) is 0 Å². The molecule has 0 aliphatic rings. The molecule has 0 saturated carbocycles. The molecule has 1 heterocycles. The fourth-order valence-electron chi connectivity index (χ4n) is 2.83. The van der Waals surface area contributed by atoms with Gasteiger partial charge in [-0.1, -0.05) is 6.07 Å². The number of amides is 1. The summed E-state index contributed by atoms with van der Waals surface area (Å²) in [6, 6.07) is 9.10. The zero-order valence-electron chi connectivity index (χ0n) is 14.6. The molecule has 0 fully saturated rings. The number of nitro benzene ring substituents is 1. The third-order valence-corrected chi connectivity index (χ3v) is 4.63. The number of aromatic nitrogens is 2. The highest BCUT2D eigenvalue weighted by atomic mass is 32.1. The van der Waals surface area contributed by atoms with Crippen LogP contribution >= 0.6 is 12.2 Å². The molecule has 0 aliphatic carbocycles. The molecule has 3 aromatic rings. The highest BCUT2D eigenvalue weighted by Gasteiger charge is 2.16. The molecular weight excluding hydrogens is 368 g/mol. The summed E-state index contributed by atoms with van der Waals surface area (Å²) in [6.07, 6.45) is 0. The molecule has 2 N–H and O–H groups in total. The van der Waals surface area contributed by atoms with E-state index in [4.69, 9.17) is 12.2 Å². The number of nitro groups is 1. The van der Waals surface area contributed by atoms with Gasteiger partial charge in [0.2, 0.25) is 0 Å². The largest absolute Gasteiger partial charge is 0.332 e. The van der Waals surface area contributed by atoms with Crippen molar-refractivity contribution in [1.82, 2.24) is 9.55 Å². The van der Waals surface area contributed by atoms with Crippen LogP contribution in [-0.4, -0.2) is 20.4 Å². The molecule has 9 heteroatoms. The summed E-state index contributed by atoms with van der Waals surface area (Å²) in [6.45, 7) is 3.83. The lowest BCUT2D eigenvalue weighted by Crippen LogP contribution is -2.21. The average Bonchev–Trinajstić information content (AvgIpc) is 2.63. The molecule has 138 valence electrons. The van der Waals surface area contributed by atoms with E-state index >= 15 is 0 Å². The Morgan fingerprint density at radius 1 is 1.33 bits per heavy atom. The van der Waals surface area contributed by atoms with Gasteiger partial charge in [0.1, 0.15) is 0 Å². The number of benzene rings is 2. The molecule has 1 amide bonds. The Hall–Kier alpha value is -3.33. The predicted octanol–water partition coefficient (Wildman–Crippen LogP) is 3.55. The van der Waals surface area contributed by atoms with Gasteiger partial charge in [-0.3, -0.25) is 24.3 Å². The molecule has 3 rings (SSSR count). The molecule has 27 heavy (non-hydrogen) atoms. The van der Waals surface area contributed by atoms with E-state index in [9.17, 15) is 19.7 Å². The van der Waals surface area contributed by atoms with Crippen molar-refractivity contribution in [1.29, 1.82) is 0 Å². The SMILES string of the molecule is CCn1c(=S)[nH]c2cc(C(=O)Nc3cccc([N+](=O)[O-])c3C)ccc2c1=O. The van der Waals surface area contributed by atoms with Crippen molar-refractivity contribution in [2.24, 2.45) is 0 Å². The Bertz CT molecular complexity index is 1200. The van der Waals surface area contributed by atoms with E-state index in [-0.39, 0.29) is 16.0 Å². The van der Waals surface area contributed by atoms with Crippen LogP contribution in [0.1, 0.15) is 22.8 Å². The molecule has 0 radical (unpaired) electrons. The number of fused-ring (bicyclic) bond motifs is 1. The van der Waals surface area contributed by atoms with Crippen molar-refractivity contribution in [3.63, 3.8) is 0 Å². The molecule has 0 atom stereocenters. The second-order valence-electron chi connectivity index (χ2n) is 5.90. The van der Waals surface area contributed by atoms with Crippen LogP contribution in [0.25, 0.3) is 10.9 Å². The second-order valence-corrected chi connectivity index (χ2v) is 6.29. The summed E-state index contributed by atoms with van der Waals surface area (Å²) in [5.41, 5.74) is 1.17. The zero-order chi connectivity index (χ0) is 19.7. The quantitative estimate of drug-likeness (QED) is 0.406. The van der Waals surface area contributed by atoms with Gasteiger partial charge in [-0.15, -0.1) is 0 Å². The topological polar surface area (TPSA) is 110 Å². The number of rotatable bonds is 4. The number of carbonyl (C=O) groups excluding carboxylic acids is 1. The van der Waals surface area contributed by atoms with Crippen molar-refractivity contribution in [2.75, 3.05) is 5.32 Å². The number of H-pyrrole nitrogens is 1. The third-order valence-electron chi connectivity index (χ3n) is 4.31. The van der Waals surface area contributed by atoms with Crippen molar-refractivity contribution in [3.05, 3.63) is 72.8 Å². The van der Waals surface area contributed by atoms with Gasteiger partial charge < -0.3 is 10.3 Å². The minimum absolute atomic E-state index is 0.0736. The zero-order valence-corrected chi connectivity index (χ0v) is 15.4. The lowest BCUT2D eigenvalue weighted by Gasteiger charge is -2.10. The van der Waals surface area contributed by atoms with E-state index in [1.165, 1.54) is 28.8 Å². The molecule has 0 bridgehead atoms. The summed E-state index contributed by atoms with van der Waals surface area (Å²) in [7, 11) is 0. The van der Waals surface area contributed by atoms with Gasteiger partial charge in [0.15, 0.2) is 4.77 Å². The van der Waals surface area contributed by atoms with Crippen LogP contribution in [0.4, 0.5) is 11.4 Å². The number of anilines is 1. The van der Waals surface area contributed by atoms with Crippen LogP contribution in [0.5, 0.6) is 0 Å². The standard InChI is InChI=1S/C18H16N4O4S/c1-3-21-17(24)12-8-7-11(9-14(12)20-18(21)27)16(23)19-13-5-4-6-15(10(13)2)22(25)26/h4-9H,3H2,1-2H3,(H,19,23)(H,20,27). The summed E-state index contributed by atoms with van der Waals surface area (Å²) in [5.74, 6) is -0.445. The van der Waals surface area contributed by atoms with Gasteiger partial charge in [0, 0.05) is 18.2 Å². The van der Waals surface area contributed by atoms with Crippen LogP contribution in [0, 0.1) is 21.8 Å². The van der Waals surface area contributed by atoms with Crippen LogP contribution in [0.15, 0.2) is 41.2 Å². The van der Waals surface area contributed by atoms with E-state index in [1.807, 2.05) is 6.92 Å². The first-order chi connectivity index (χ1) is 12.8. The highest BCUT2D eigenvalue weighted by Crippen LogP contribution is 2.25. The Kier molecular flexibility index (Phi) is 4.87. The molecule has 2 aromatic carbocycles. The van der Waals surface area contributed by atoms with Crippen molar-refractivity contribution < 1.29 is 9.72 Å². The molecular formula is C18H16N4O4S. The number of nitrogens with zero attached hydrogens (tertiary/aromatic N) is 2. The number of nitrogens with one attached hydrogen (secondary N) is 2. The van der Waals surface area contributed by atoms with Gasteiger partial charge >= 0.3 is 0 Å². The third kappa shape index (κ3) is 3.36. The molecule has 0 saturated heterocycles. The number of hydrogen-bond donors (Lipinski definition) is 2. The fourth-order valence-corrected chi connectivity index (χ4v) is 3.16. The van der Waals surface area contributed by atoms with E-state index in [1.54, 1.807) is 19.1 Å².